The van der Waals surface area contributed by atoms with Gasteiger partial charge in [-0.25, -0.2) is 0 Å². The van der Waals surface area contributed by atoms with Crippen molar-refractivity contribution < 1.29 is 0 Å². The molecule has 17 heavy (non-hydrogen) atoms. The van der Waals surface area contributed by atoms with Crippen molar-refractivity contribution in [1.29, 1.82) is 0 Å². The normalized spacial score (nSPS) is 10.9. The van der Waals surface area contributed by atoms with Gasteiger partial charge in [-0.1, -0.05) is 42.5 Å². The number of rotatable bonds is 2. The van der Waals surface area contributed by atoms with Crippen LogP contribution in [0.25, 0.3) is 21.2 Å². The van der Waals surface area contributed by atoms with Crippen LogP contribution in [0.3, 0.4) is 0 Å². The van der Waals surface area contributed by atoms with E-state index < -0.39 is 0 Å². The molecule has 0 fully saturated rings. The minimum atomic E-state index is 0.606. The molecule has 84 valence electrons. The molecule has 2 heteroatoms. The Morgan fingerprint density at radius 1 is 1.00 bits per heavy atom. The number of fused-ring (bicyclic) bond motifs is 1. The molecule has 3 aromatic rings. The Bertz CT molecular complexity index is 640. The topological polar surface area (TPSA) is 26.0 Å². The van der Waals surface area contributed by atoms with Crippen LogP contribution in [0, 0.1) is 0 Å². The van der Waals surface area contributed by atoms with E-state index >= 15 is 0 Å². The maximum atomic E-state index is 5.66. The van der Waals surface area contributed by atoms with Gasteiger partial charge in [0.25, 0.3) is 0 Å². The van der Waals surface area contributed by atoms with E-state index in [4.69, 9.17) is 5.73 Å². The molecule has 0 radical (unpaired) electrons. The second-order valence-electron chi connectivity index (χ2n) is 4.05. The van der Waals surface area contributed by atoms with Crippen LogP contribution in [0.15, 0.2) is 53.9 Å². The van der Waals surface area contributed by atoms with E-state index in [-0.39, 0.29) is 0 Å². The minimum Gasteiger partial charge on any atom is -0.326 e. The molecule has 2 N–H and O–H groups in total. The third-order valence-corrected chi connectivity index (χ3v) is 3.91. The van der Waals surface area contributed by atoms with Crippen LogP contribution in [-0.2, 0) is 6.54 Å². The van der Waals surface area contributed by atoms with Crippen LogP contribution in [0.2, 0.25) is 0 Å². The molecule has 0 aliphatic rings. The Morgan fingerprint density at radius 2 is 1.82 bits per heavy atom. The number of hydrogen-bond acceptors (Lipinski definition) is 2. The first-order chi connectivity index (χ1) is 8.38. The molecule has 0 bridgehead atoms. The number of hydrogen-bond donors (Lipinski definition) is 1. The number of thiophene rings is 1. The fourth-order valence-corrected chi connectivity index (χ4v) is 3.07. The summed E-state index contributed by atoms with van der Waals surface area (Å²) in [5.41, 5.74) is 9.45. The van der Waals surface area contributed by atoms with Gasteiger partial charge in [-0.2, -0.15) is 0 Å². The molecule has 0 atom stereocenters. The van der Waals surface area contributed by atoms with Crippen molar-refractivity contribution in [2.75, 3.05) is 0 Å². The zero-order chi connectivity index (χ0) is 11.7. The molecule has 0 spiro atoms. The second-order valence-corrected chi connectivity index (χ2v) is 4.96. The molecule has 0 saturated carbocycles. The zero-order valence-electron chi connectivity index (χ0n) is 9.39. The van der Waals surface area contributed by atoms with Gasteiger partial charge in [-0.15, -0.1) is 11.3 Å². The maximum absolute atomic E-state index is 5.66. The lowest BCUT2D eigenvalue weighted by molar-refractivity contribution is 1.08. The molecular formula is C15H13NS. The standard InChI is InChI=1S/C15H13NS/c16-9-11-6-7-13-14(10-17-15(13)8-11)12-4-2-1-3-5-12/h1-8,10H,9,16H2. The van der Waals surface area contributed by atoms with Crippen LogP contribution in [0.4, 0.5) is 0 Å². The maximum Gasteiger partial charge on any atom is 0.0352 e. The van der Waals surface area contributed by atoms with Crippen molar-refractivity contribution in [3.63, 3.8) is 0 Å². The van der Waals surface area contributed by atoms with Gasteiger partial charge in [0.2, 0.25) is 0 Å². The summed E-state index contributed by atoms with van der Waals surface area (Å²) in [7, 11) is 0. The van der Waals surface area contributed by atoms with E-state index in [1.54, 1.807) is 11.3 Å². The summed E-state index contributed by atoms with van der Waals surface area (Å²) in [6.45, 7) is 0.606. The summed E-state index contributed by atoms with van der Waals surface area (Å²) in [6, 6.07) is 17.0. The smallest absolute Gasteiger partial charge is 0.0352 e. The highest BCUT2D eigenvalue weighted by molar-refractivity contribution is 7.17. The highest BCUT2D eigenvalue weighted by Gasteiger charge is 2.06. The molecule has 1 heterocycles. The Morgan fingerprint density at radius 3 is 2.59 bits per heavy atom. The molecule has 1 aromatic heterocycles. The van der Waals surface area contributed by atoms with Crippen LogP contribution < -0.4 is 5.73 Å². The molecular weight excluding hydrogens is 226 g/mol. The molecule has 0 saturated heterocycles. The average Bonchev–Trinajstić information content (AvgIpc) is 2.82. The summed E-state index contributed by atoms with van der Waals surface area (Å²) in [5, 5.41) is 3.54. The first-order valence-corrected chi connectivity index (χ1v) is 6.52. The first-order valence-electron chi connectivity index (χ1n) is 5.64. The SMILES string of the molecule is NCc1ccc2c(-c3ccccc3)csc2c1. The van der Waals surface area contributed by atoms with Gasteiger partial charge in [0, 0.05) is 22.2 Å². The highest BCUT2D eigenvalue weighted by atomic mass is 32.1. The Hall–Kier alpha value is -1.64. The van der Waals surface area contributed by atoms with E-state index in [1.165, 1.54) is 26.8 Å². The van der Waals surface area contributed by atoms with Crippen LogP contribution in [0.1, 0.15) is 5.56 Å². The van der Waals surface area contributed by atoms with E-state index in [2.05, 4.69) is 47.8 Å². The monoisotopic (exact) mass is 239 g/mol. The van der Waals surface area contributed by atoms with E-state index in [9.17, 15) is 0 Å². The van der Waals surface area contributed by atoms with Crippen molar-refractivity contribution in [3.05, 3.63) is 59.5 Å². The van der Waals surface area contributed by atoms with Crippen LogP contribution in [0.5, 0.6) is 0 Å². The number of nitrogens with two attached hydrogens (primary N) is 1. The van der Waals surface area contributed by atoms with Crippen molar-refractivity contribution in [3.8, 4) is 11.1 Å². The van der Waals surface area contributed by atoms with Crippen LogP contribution in [-0.4, -0.2) is 0 Å². The summed E-state index contributed by atoms with van der Waals surface area (Å²) >= 11 is 1.78. The quantitative estimate of drug-likeness (QED) is 0.718. The molecule has 0 unspecified atom stereocenters. The van der Waals surface area contributed by atoms with Gasteiger partial charge in [-0.3, -0.25) is 0 Å². The predicted molar refractivity (Wildman–Crippen MR) is 75.2 cm³/mol. The Kier molecular flexibility index (Phi) is 2.67. The lowest BCUT2D eigenvalue weighted by Gasteiger charge is -2.00. The predicted octanol–water partition coefficient (Wildman–Crippen LogP) is 4.03. The van der Waals surface area contributed by atoms with Crippen molar-refractivity contribution in [1.82, 2.24) is 0 Å². The molecule has 0 aliphatic carbocycles. The Balaban J connectivity index is 2.19. The average molecular weight is 239 g/mol. The van der Waals surface area contributed by atoms with Gasteiger partial charge >= 0.3 is 0 Å². The lowest BCUT2D eigenvalue weighted by atomic mass is 10.0. The number of benzene rings is 2. The third-order valence-electron chi connectivity index (χ3n) is 2.96. The zero-order valence-corrected chi connectivity index (χ0v) is 10.2. The highest BCUT2D eigenvalue weighted by Crippen LogP contribution is 2.34. The summed E-state index contributed by atoms with van der Waals surface area (Å²) < 4.78 is 1.31. The van der Waals surface area contributed by atoms with Gasteiger partial charge in [0.1, 0.15) is 0 Å². The fraction of sp³-hybridized carbons (Fsp3) is 0.0667. The van der Waals surface area contributed by atoms with Gasteiger partial charge in [0.05, 0.1) is 0 Å². The lowest BCUT2D eigenvalue weighted by Crippen LogP contribution is -1.94. The first kappa shape index (κ1) is 10.5. The fourth-order valence-electron chi connectivity index (χ4n) is 2.04. The molecule has 0 amide bonds. The summed E-state index contributed by atoms with van der Waals surface area (Å²) in [4.78, 5) is 0. The van der Waals surface area contributed by atoms with E-state index in [0.717, 1.165) is 0 Å². The van der Waals surface area contributed by atoms with Crippen molar-refractivity contribution >= 4 is 21.4 Å². The summed E-state index contributed by atoms with van der Waals surface area (Å²) in [6.07, 6.45) is 0. The van der Waals surface area contributed by atoms with Crippen LogP contribution >= 0.6 is 11.3 Å². The molecule has 3 rings (SSSR count). The van der Waals surface area contributed by atoms with Gasteiger partial charge in [0.15, 0.2) is 0 Å². The molecule has 1 nitrogen and oxygen atoms in total. The third kappa shape index (κ3) is 1.86. The van der Waals surface area contributed by atoms with E-state index in [1.807, 2.05) is 6.07 Å². The van der Waals surface area contributed by atoms with E-state index in [0.29, 0.717) is 6.54 Å². The largest absolute Gasteiger partial charge is 0.326 e. The van der Waals surface area contributed by atoms with Crippen molar-refractivity contribution in [2.45, 2.75) is 6.54 Å². The minimum absolute atomic E-state index is 0.606. The molecule has 2 aromatic carbocycles. The van der Waals surface area contributed by atoms with Gasteiger partial charge < -0.3 is 5.73 Å². The Labute approximate surface area is 105 Å². The molecule has 0 aliphatic heterocycles. The summed E-state index contributed by atoms with van der Waals surface area (Å²) in [5.74, 6) is 0. The van der Waals surface area contributed by atoms with Gasteiger partial charge in [-0.05, 0) is 22.6 Å². The second kappa shape index (κ2) is 4.32. The van der Waals surface area contributed by atoms with Crippen molar-refractivity contribution in [2.24, 2.45) is 5.73 Å².